The summed E-state index contributed by atoms with van der Waals surface area (Å²) in [4.78, 5) is 0. The third kappa shape index (κ3) is 4.62. The van der Waals surface area contributed by atoms with Crippen molar-refractivity contribution in [1.29, 1.82) is 0 Å². The Labute approximate surface area is 93.7 Å². The van der Waals surface area contributed by atoms with Crippen molar-refractivity contribution in [2.24, 2.45) is 0 Å². The van der Waals surface area contributed by atoms with Gasteiger partial charge in [-0.25, -0.2) is 0 Å². The van der Waals surface area contributed by atoms with Crippen molar-refractivity contribution in [3.63, 3.8) is 0 Å². The van der Waals surface area contributed by atoms with Gasteiger partial charge in [-0.15, -0.1) is 0 Å². The summed E-state index contributed by atoms with van der Waals surface area (Å²) in [6, 6.07) is 4.22. The summed E-state index contributed by atoms with van der Waals surface area (Å²) in [6.45, 7) is 4.88. The van der Waals surface area contributed by atoms with E-state index >= 15 is 0 Å². The largest absolute Gasteiger partial charge is 0.469 e. The van der Waals surface area contributed by atoms with Crippen LogP contribution in [0.3, 0.4) is 0 Å². The summed E-state index contributed by atoms with van der Waals surface area (Å²) in [5.74, 6) is 0.986. The number of rotatable bonds is 6. The molecule has 1 aromatic rings. The van der Waals surface area contributed by atoms with Crippen LogP contribution in [0, 0.1) is 0 Å². The average Bonchev–Trinajstić information content (AvgIpc) is 2.66. The van der Waals surface area contributed by atoms with Crippen LogP contribution in [0.15, 0.2) is 22.8 Å². The van der Waals surface area contributed by atoms with Crippen molar-refractivity contribution in [2.45, 2.75) is 31.6 Å². The van der Waals surface area contributed by atoms with Crippen LogP contribution in [0.5, 0.6) is 0 Å². The Morgan fingerprint density at radius 2 is 2.27 bits per heavy atom. The molecule has 0 bridgehead atoms. The van der Waals surface area contributed by atoms with Gasteiger partial charge in [0.1, 0.15) is 5.76 Å². The first-order chi connectivity index (χ1) is 7.09. The Hall–Kier alpha value is -0.610. The van der Waals surface area contributed by atoms with Crippen LogP contribution in [-0.2, 0) is 17.2 Å². The minimum absolute atomic E-state index is 0.198. The van der Waals surface area contributed by atoms with Gasteiger partial charge in [-0.05, 0) is 26.0 Å². The van der Waals surface area contributed by atoms with Gasteiger partial charge in [0.2, 0.25) is 0 Å². The number of hydrogen-bond acceptors (Lipinski definition) is 3. The molecule has 0 spiro atoms. The molecule has 0 saturated carbocycles. The molecule has 0 radical (unpaired) electrons. The predicted octanol–water partition coefficient (Wildman–Crippen LogP) is 1.57. The standard InChI is InChI=1S/C11H19NO2S/c1-9(7-11-5-4-6-14-11)12-8-10(2)15(3)13/h4-6,9-10,12H,7-8H2,1-3H3. The highest BCUT2D eigenvalue weighted by molar-refractivity contribution is 7.84. The monoisotopic (exact) mass is 229 g/mol. The molecule has 0 fully saturated rings. The molecule has 1 N–H and O–H groups in total. The van der Waals surface area contributed by atoms with E-state index < -0.39 is 10.8 Å². The van der Waals surface area contributed by atoms with Gasteiger partial charge in [0, 0.05) is 41.3 Å². The highest BCUT2D eigenvalue weighted by Gasteiger charge is 2.09. The molecule has 0 saturated heterocycles. The molecule has 0 aliphatic heterocycles. The Balaban J connectivity index is 2.25. The number of furan rings is 1. The van der Waals surface area contributed by atoms with Gasteiger partial charge in [-0.1, -0.05) is 0 Å². The molecule has 3 nitrogen and oxygen atoms in total. The number of hydrogen-bond donors (Lipinski definition) is 1. The van der Waals surface area contributed by atoms with E-state index in [0.29, 0.717) is 6.04 Å². The maximum Gasteiger partial charge on any atom is 0.105 e. The summed E-state index contributed by atoms with van der Waals surface area (Å²) in [6.07, 6.45) is 4.30. The van der Waals surface area contributed by atoms with Gasteiger partial charge < -0.3 is 9.73 Å². The second kappa shape index (κ2) is 6.08. The average molecular weight is 229 g/mol. The molecule has 86 valence electrons. The van der Waals surface area contributed by atoms with Gasteiger partial charge in [0.15, 0.2) is 0 Å². The fraction of sp³-hybridized carbons (Fsp3) is 0.636. The molecular weight excluding hydrogens is 210 g/mol. The van der Waals surface area contributed by atoms with E-state index in [9.17, 15) is 4.21 Å². The van der Waals surface area contributed by atoms with E-state index in [1.165, 1.54) is 0 Å². The van der Waals surface area contributed by atoms with Crippen LogP contribution < -0.4 is 5.32 Å². The smallest absolute Gasteiger partial charge is 0.105 e. The van der Waals surface area contributed by atoms with E-state index in [-0.39, 0.29) is 5.25 Å². The van der Waals surface area contributed by atoms with Crippen molar-refractivity contribution < 1.29 is 8.63 Å². The van der Waals surface area contributed by atoms with Crippen LogP contribution in [0.1, 0.15) is 19.6 Å². The van der Waals surface area contributed by atoms with Crippen LogP contribution in [0.2, 0.25) is 0 Å². The quantitative estimate of drug-likeness (QED) is 0.805. The maximum atomic E-state index is 11.1. The van der Waals surface area contributed by atoms with Crippen LogP contribution in [0.4, 0.5) is 0 Å². The second-order valence-corrected chi connectivity index (χ2v) is 5.70. The van der Waals surface area contributed by atoms with Crippen molar-refractivity contribution in [3.8, 4) is 0 Å². The zero-order valence-electron chi connectivity index (χ0n) is 9.53. The van der Waals surface area contributed by atoms with Crippen molar-refractivity contribution >= 4 is 10.8 Å². The molecule has 0 amide bonds. The minimum atomic E-state index is -0.751. The molecule has 3 unspecified atom stereocenters. The van der Waals surface area contributed by atoms with Crippen LogP contribution >= 0.6 is 0 Å². The summed E-state index contributed by atoms with van der Waals surface area (Å²) >= 11 is 0. The summed E-state index contributed by atoms with van der Waals surface area (Å²) in [5.41, 5.74) is 0. The predicted molar refractivity (Wildman–Crippen MR) is 63.4 cm³/mol. The highest BCUT2D eigenvalue weighted by Crippen LogP contribution is 2.04. The Morgan fingerprint density at radius 1 is 1.53 bits per heavy atom. The second-order valence-electron chi connectivity index (χ2n) is 3.90. The summed E-state index contributed by atoms with van der Waals surface area (Å²) in [5, 5.41) is 3.55. The van der Waals surface area contributed by atoms with E-state index in [4.69, 9.17) is 4.42 Å². The summed E-state index contributed by atoms with van der Waals surface area (Å²) in [7, 11) is -0.751. The third-order valence-electron chi connectivity index (χ3n) is 2.41. The normalized spacial score (nSPS) is 17.3. The zero-order valence-corrected chi connectivity index (χ0v) is 10.3. The van der Waals surface area contributed by atoms with E-state index in [1.54, 1.807) is 12.5 Å². The van der Waals surface area contributed by atoms with Gasteiger partial charge in [-0.3, -0.25) is 4.21 Å². The first-order valence-corrected chi connectivity index (χ1v) is 6.79. The van der Waals surface area contributed by atoms with E-state index in [1.807, 2.05) is 19.1 Å². The van der Waals surface area contributed by atoms with E-state index in [0.717, 1.165) is 18.7 Å². The number of nitrogens with one attached hydrogen (secondary N) is 1. The molecule has 1 rings (SSSR count). The lowest BCUT2D eigenvalue weighted by molar-refractivity contribution is 0.457. The zero-order chi connectivity index (χ0) is 11.3. The van der Waals surface area contributed by atoms with Gasteiger partial charge in [0.25, 0.3) is 0 Å². The van der Waals surface area contributed by atoms with Crippen molar-refractivity contribution in [2.75, 3.05) is 12.8 Å². The summed E-state index contributed by atoms with van der Waals surface area (Å²) < 4.78 is 16.4. The molecule has 0 aliphatic carbocycles. The van der Waals surface area contributed by atoms with Gasteiger partial charge >= 0.3 is 0 Å². The van der Waals surface area contributed by atoms with Crippen LogP contribution in [0.25, 0.3) is 0 Å². The maximum absolute atomic E-state index is 11.1. The third-order valence-corrected chi connectivity index (χ3v) is 3.71. The van der Waals surface area contributed by atoms with Crippen LogP contribution in [-0.4, -0.2) is 28.3 Å². The topological polar surface area (TPSA) is 42.2 Å². The first kappa shape index (κ1) is 12.5. The lowest BCUT2D eigenvalue weighted by Crippen LogP contribution is -2.35. The van der Waals surface area contributed by atoms with Crippen molar-refractivity contribution in [3.05, 3.63) is 24.2 Å². The Bertz CT molecular complexity index is 298. The Morgan fingerprint density at radius 3 is 2.80 bits per heavy atom. The fourth-order valence-electron chi connectivity index (χ4n) is 1.29. The Kier molecular flexibility index (Phi) is 5.05. The molecule has 3 atom stereocenters. The molecule has 0 aromatic carbocycles. The van der Waals surface area contributed by atoms with Crippen molar-refractivity contribution in [1.82, 2.24) is 5.32 Å². The molecule has 0 aliphatic rings. The molecule has 1 heterocycles. The lowest BCUT2D eigenvalue weighted by Gasteiger charge is -2.15. The SMILES string of the molecule is CC(Cc1ccco1)NCC(C)S(C)=O. The molecule has 15 heavy (non-hydrogen) atoms. The molecular formula is C11H19NO2S. The highest BCUT2D eigenvalue weighted by atomic mass is 32.2. The van der Waals surface area contributed by atoms with E-state index in [2.05, 4.69) is 12.2 Å². The minimum Gasteiger partial charge on any atom is -0.469 e. The fourth-order valence-corrected chi connectivity index (χ4v) is 1.62. The first-order valence-electron chi connectivity index (χ1n) is 5.17. The molecule has 1 aromatic heterocycles. The van der Waals surface area contributed by atoms with Gasteiger partial charge in [-0.2, -0.15) is 0 Å². The lowest BCUT2D eigenvalue weighted by atomic mass is 10.2. The van der Waals surface area contributed by atoms with Gasteiger partial charge in [0.05, 0.1) is 6.26 Å². The molecule has 4 heteroatoms.